The maximum atomic E-state index is 14.2. The molecular formula is C24H16F5NOSiZn. The molecule has 0 aliphatic rings. The topological polar surface area (TPSA) is 21.3 Å². The van der Waals surface area contributed by atoms with Gasteiger partial charge in [-0.15, -0.1) is 0 Å². The zero-order chi connectivity index (χ0) is 23.4. The molecule has 4 rings (SSSR count). The second-order valence-corrected chi connectivity index (χ2v) is 13.7. The van der Waals surface area contributed by atoms with E-state index in [9.17, 15) is 22.0 Å². The third kappa shape index (κ3) is 4.36. The van der Waals surface area contributed by atoms with Crippen molar-refractivity contribution in [1.29, 1.82) is 0 Å². The first-order valence-electron chi connectivity index (χ1n) is 10.0. The van der Waals surface area contributed by atoms with Gasteiger partial charge in [0.15, 0.2) is 0 Å². The van der Waals surface area contributed by atoms with E-state index in [1.807, 2.05) is 91.0 Å². The molecule has 0 saturated carbocycles. The second-order valence-electron chi connectivity index (χ2n) is 7.19. The van der Waals surface area contributed by atoms with E-state index in [0.717, 1.165) is 15.6 Å². The van der Waals surface area contributed by atoms with Crippen LogP contribution in [-0.2, 0) is 21.0 Å². The van der Waals surface area contributed by atoms with E-state index in [2.05, 4.69) is 4.06 Å². The molecule has 0 unspecified atom stereocenters. The van der Waals surface area contributed by atoms with Crippen molar-refractivity contribution in [1.82, 2.24) is 0 Å². The number of anilines is 1. The van der Waals surface area contributed by atoms with Gasteiger partial charge in [0.2, 0.25) is 0 Å². The van der Waals surface area contributed by atoms with Crippen LogP contribution >= 0.6 is 0 Å². The number of halogens is 5. The van der Waals surface area contributed by atoms with Crippen molar-refractivity contribution in [3.8, 4) is 0 Å². The van der Waals surface area contributed by atoms with Crippen molar-refractivity contribution in [2.45, 2.75) is 0 Å². The van der Waals surface area contributed by atoms with Crippen LogP contribution in [0.3, 0.4) is 0 Å². The van der Waals surface area contributed by atoms with Gasteiger partial charge >= 0.3 is 197 Å². The molecule has 0 saturated heterocycles. The Labute approximate surface area is 196 Å². The van der Waals surface area contributed by atoms with Crippen LogP contribution in [0, 0.1) is 29.1 Å². The van der Waals surface area contributed by atoms with Crippen LogP contribution in [-0.4, -0.2) is 8.32 Å². The van der Waals surface area contributed by atoms with Crippen molar-refractivity contribution in [2.24, 2.45) is 0 Å². The monoisotopic (exact) mass is 521 g/mol. The first kappa shape index (κ1) is 23.3. The van der Waals surface area contributed by atoms with E-state index in [0.29, 0.717) is 0 Å². The molecule has 9 heteroatoms. The van der Waals surface area contributed by atoms with E-state index in [1.54, 1.807) is 0 Å². The van der Waals surface area contributed by atoms with Crippen LogP contribution in [0.1, 0.15) is 0 Å². The Morgan fingerprint density at radius 2 is 0.848 bits per heavy atom. The van der Waals surface area contributed by atoms with Crippen molar-refractivity contribution in [3.63, 3.8) is 0 Å². The zero-order valence-corrected chi connectivity index (χ0v) is 21.1. The molecular weight excluding hydrogens is 507 g/mol. The summed E-state index contributed by atoms with van der Waals surface area (Å²) in [5.74, 6) is -9.96. The number of nitrogens with one attached hydrogen (secondary N) is 1. The third-order valence-electron chi connectivity index (χ3n) is 5.29. The summed E-state index contributed by atoms with van der Waals surface area (Å²) in [6.45, 7) is 0. The molecule has 0 aliphatic carbocycles. The summed E-state index contributed by atoms with van der Waals surface area (Å²) in [5.41, 5.74) is -1.05. The fourth-order valence-electron chi connectivity index (χ4n) is 3.75. The molecule has 2 nitrogen and oxygen atoms in total. The standard InChI is InChI=1S/C18H15OSi.C6HF5N.Zn/c19-20(16-10-4-1-5-11-16,17-12-6-2-7-13-17)18-14-8-3-9-15-18;7-1-2(8)4(10)6(12)5(11)3(1)9;/h1-15H;12H;/q2*-1;+2. The summed E-state index contributed by atoms with van der Waals surface area (Å²) in [7, 11) is -3.14. The molecule has 33 heavy (non-hydrogen) atoms. The van der Waals surface area contributed by atoms with Crippen LogP contribution in [0.25, 0.3) is 0 Å². The Kier molecular flexibility index (Phi) is 7.02. The Morgan fingerprint density at radius 1 is 0.515 bits per heavy atom. The van der Waals surface area contributed by atoms with Crippen molar-refractivity contribution in [2.75, 3.05) is 4.06 Å². The molecule has 164 valence electrons. The molecule has 0 fully saturated rings. The van der Waals surface area contributed by atoms with Crippen molar-refractivity contribution < 1.29 is 42.9 Å². The summed E-state index contributed by atoms with van der Waals surface area (Å²) in [6.07, 6.45) is 0. The van der Waals surface area contributed by atoms with Crippen LogP contribution in [0.15, 0.2) is 91.0 Å². The molecule has 4 aromatic carbocycles. The summed E-state index contributed by atoms with van der Waals surface area (Å²) >= 11 is -2.57. The number of rotatable bonds is 7. The van der Waals surface area contributed by atoms with E-state index < -0.39 is 60.8 Å². The summed E-state index contributed by atoms with van der Waals surface area (Å²) in [5, 5.41) is 2.69. The van der Waals surface area contributed by atoms with Crippen molar-refractivity contribution in [3.05, 3.63) is 120 Å². The first-order valence-corrected chi connectivity index (χ1v) is 14.6. The summed E-state index contributed by atoms with van der Waals surface area (Å²) in [6, 6.07) is 28.4. The van der Waals surface area contributed by atoms with Gasteiger partial charge in [0.05, 0.1) is 0 Å². The predicted octanol–water partition coefficient (Wildman–Crippen LogP) is 4.39. The predicted molar refractivity (Wildman–Crippen MR) is 115 cm³/mol. The second kappa shape index (κ2) is 9.95. The van der Waals surface area contributed by atoms with Crippen LogP contribution in [0.4, 0.5) is 27.6 Å². The van der Waals surface area contributed by atoms with Crippen LogP contribution < -0.4 is 19.6 Å². The molecule has 0 aromatic heterocycles. The van der Waals surface area contributed by atoms with Gasteiger partial charge in [-0.05, 0) is 0 Å². The van der Waals surface area contributed by atoms with Gasteiger partial charge in [-0.1, -0.05) is 0 Å². The summed E-state index contributed by atoms with van der Waals surface area (Å²) in [4.78, 5) is 0. The normalized spacial score (nSPS) is 11.2. The van der Waals surface area contributed by atoms with Crippen LogP contribution in [0.5, 0.6) is 0 Å². The van der Waals surface area contributed by atoms with Gasteiger partial charge < -0.3 is 0 Å². The quantitative estimate of drug-likeness (QED) is 0.128. The first-order chi connectivity index (χ1) is 16.0. The fraction of sp³-hybridized carbons (Fsp3) is 0. The SMILES string of the molecule is Fc1c(F)c(F)c([NH][Zn][O][Si](c2ccccc2)(c2ccccc2)c2ccccc2)c(F)c1F. The van der Waals surface area contributed by atoms with Gasteiger partial charge in [-0.3, -0.25) is 0 Å². The van der Waals surface area contributed by atoms with Gasteiger partial charge in [-0.2, -0.15) is 0 Å². The van der Waals surface area contributed by atoms with Gasteiger partial charge in [0.25, 0.3) is 0 Å². The van der Waals surface area contributed by atoms with E-state index in [-0.39, 0.29) is 0 Å². The number of benzene rings is 4. The average molecular weight is 523 g/mol. The Morgan fingerprint density at radius 3 is 1.21 bits per heavy atom. The Bertz CT molecular complexity index is 1120. The van der Waals surface area contributed by atoms with Gasteiger partial charge in [-0.25, -0.2) is 0 Å². The van der Waals surface area contributed by atoms with E-state index in [4.69, 9.17) is 3.25 Å². The van der Waals surface area contributed by atoms with Gasteiger partial charge in [0, 0.05) is 0 Å². The molecule has 0 spiro atoms. The molecule has 0 radical (unpaired) electrons. The Balaban J connectivity index is 1.79. The average Bonchev–Trinajstić information content (AvgIpc) is 2.88. The number of hydrogen-bond donors (Lipinski definition) is 1. The molecule has 0 heterocycles. The summed E-state index contributed by atoms with van der Waals surface area (Å²) < 4.78 is 78.1. The minimum atomic E-state index is -3.14. The van der Waals surface area contributed by atoms with Crippen LogP contribution in [0.2, 0.25) is 0 Å². The fourth-order valence-corrected chi connectivity index (χ4v) is 13.4. The van der Waals surface area contributed by atoms with Gasteiger partial charge in [0.1, 0.15) is 0 Å². The number of hydrogen-bond acceptors (Lipinski definition) is 2. The molecule has 0 amide bonds. The maximum absolute atomic E-state index is 14.2. The van der Waals surface area contributed by atoms with E-state index >= 15 is 0 Å². The molecule has 1 N–H and O–H groups in total. The molecule has 4 aromatic rings. The van der Waals surface area contributed by atoms with Crippen molar-refractivity contribution >= 4 is 29.6 Å². The zero-order valence-electron chi connectivity index (χ0n) is 17.2. The Hall–Kier alpha value is -2.87. The third-order valence-corrected chi connectivity index (χ3v) is 14.0. The molecule has 0 bridgehead atoms. The molecule has 0 atom stereocenters. The minimum absolute atomic E-state index is 0.896. The van der Waals surface area contributed by atoms with E-state index in [1.165, 1.54) is 0 Å². The molecule has 0 aliphatic heterocycles.